The van der Waals surface area contributed by atoms with Crippen LogP contribution in [0.1, 0.15) is 5.56 Å². The van der Waals surface area contributed by atoms with Gasteiger partial charge in [-0.05, 0) is 48.2 Å². The van der Waals surface area contributed by atoms with Crippen LogP contribution in [-0.4, -0.2) is 23.1 Å². The van der Waals surface area contributed by atoms with E-state index in [1.54, 1.807) is 18.2 Å². The number of nitrogens with zero attached hydrogens (tertiary/aromatic N) is 2. The quantitative estimate of drug-likeness (QED) is 0.235. The number of aryl methyl sites for hydroxylation is 1. The molecule has 0 radical (unpaired) electrons. The predicted molar refractivity (Wildman–Crippen MR) is 120 cm³/mol. The van der Waals surface area contributed by atoms with Crippen molar-refractivity contribution in [2.24, 2.45) is 10.2 Å². The molecule has 7 nitrogen and oxygen atoms in total. The molecule has 5 rings (SSSR count). The number of azo groups is 1. The second-order valence-electron chi connectivity index (χ2n) is 7.29. The van der Waals surface area contributed by atoms with Gasteiger partial charge in [0.25, 0.3) is 10.1 Å². The molecule has 1 aromatic heterocycles. The van der Waals surface area contributed by atoms with Crippen LogP contribution in [-0.2, 0) is 10.1 Å². The van der Waals surface area contributed by atoms with E-state index in [1.165, 1.54) is 6.07 Å². The number of aromatic nitrogens is 1. The first-order valence-electron chi connectivity index (χ1n) is 9.48. The summed E-state index contributed by atoms with van der Waals surface area (Å²) in [5.41, 5.74) is 2.71. The Labute approximate surface area is 177 Å². The van der Waals surface area contributed by atoms with Gasteiger partial charge in [-0.25, -0.2) is 0 Å². The van der Waals surface area contributed by atoms with Crippen molar-refractivity contribution in [3.8, 4) is 5.75 Å². The minimum absolute atomic E-state index is 0.308. The van der Waals surface area contributed by atoms with Gasteiger partial charge in [0.2, 0.25) is 0 Å². The minimum atomic E-state index is -4.69. The highest BCUT2D eigenvalue weighted by Gasteiger charge is 2.23. The molecule has 0 saturated carbocycles. The average Bonchev–Trinajstić information content (AvgIpc) is 3.12. The number of nitrogens with one attached hydrogen (secondary N) is 1. The third kappa shape index (κ3) is 3.13. The van der Waals surface area contributed by atoms with Crippen LogP contribution in [0.4, 0.5) is 11.4 Å². The van der Waals surface area contributed by atoms with Gasteiger partial charge in [0.05, 0.1) is 5.69 Å². The van der Waals surface area contributed by atoms with Gasteiger partial charge in [-0.15, -0.1) is 5.11 Å². The Morgan fingerprint density at radius 2 is 1.58 bits per heavy atom. The zero-order valence-electron chi connectivity index (χ0n) is 16.4. The molecular weight excluding hydrogens is 414 g/mol. The van der Waals surface area contributed by atoms with Crippen molar-refractivity contribution in [3.05, 3.63) is 72.3 Å². The lowest BCUT2D eigenvalue weighted by molar-refractivity contribution is 0.472. The van der Waals surface area contributed by atoms with Crippen molar-refractivity contribution in [2.75, 3.05) is 0 Å². The average molecular weight is 431 g/mol. The van der Waals surface area contributed by atoms with E-state index in [-0.39, 0.29) is 11.4 Å². The van der Waals surface area contributed by atoms with E-state index in [9.17, 15) is 18.1 Å². The van der Waals surface area contributed by atoms with E-state index >= 15 is 0 Å². The van der Waals surface area contributed by atoms with Crippen LogP contribution in [0.15, 0.2) is 81.9 Å². The molecule has 0 fully saturated rings. The Bertz CT molecular complexity index is 1640. The number of phenols is 1. The second-order valence-corrected chi connectivity index (χ2v) is 8.68. The molecule has 0 atom stereocenters. The third-order valence-corrected chi connectivity index (χ3v) is 6.22. The lowest BCUT2D eigenvalue weighted by Gasteiger charge is -2.10. The van der Waals surface area contributed by atoms with Crippen LogP contribution in [0.25, 0.3) is 32.6 Å². The molecule has 31 heavy (non-hydrogen) atoms. The SMILES string of the molecule is Cc1ccccc1N=Nc1c(S(=O)(=O)O)cc2c(ccc3[nH]c4ccccc4c32)c1O. The summed E-state index contributed by atoms with van der Waals surface area (Å²) in [6.45, 7) is 1.84. The molecule has 0 aliphatic heterocycles. The standard InChI is InChI=1S/C23H17N3O4S/c1-13-6-2-4-8-17(13)25-26-22-20(31(28,29)30)12-16-14(23(22)27)10-11-19-21(16)15-7-3-5-9-18(15)24-19/h2-12,24,27H,1H3,(H,28,29,30). The van der Waals surface area contributed by atoms with Gasteiger partial charge in [-0.3, -0.25) is 4.55 Å². The summed E-state index contributed by atoms with van der Waals surface area (Å²) >= 11 is 0. The number of phenolic OH excluding ortho intramolecular Hbond substituents is 1. The van der Waals surface area contributed by atoms with Gasteiger partial charge in [-0.2, -0.15) is 13.5 Å². The monoisotopic (exact) mass is 431 g/mol. The number of aromatic amines is 1. The Balaban J connectivity index is 1.86. The summed E-state index contributed by atoms with van der Waals surface area (Å²) in [4.78, 5) is 2.77. The second kappa shape index (κ2) is 6.90. The van der Waals surface area contributed by atoms with Crippen LogP contribution < -0.4 is 0 Å². The maximum absolute atomic E-state index is 12.2. The van der Waals surface area contributed by atoms with E-state index in [0.29, 0.717) is 16.5 Å². The fourth-order valence-corrected chi connectivity index (χ4v) is 4.49. The maximum Gasteiger partial charge on any atom is 0.296 e. The van der Waals surface area contributed by atoms with Gasteiger partial charge in [-0.1, -0.05) is 36.4 Å². The van der Waals surface area contributed by atoms with Crippen LogP contribution >= 0.6 is 0 Å². The highest BCUT2D eigenvalue weighted by molar-refractivity contribution is 7.86. The first-order chi connectivity index (χ1) is 14.8. The summed E-state index contributed by atoms with van der Waals surface area (Å²) in [7, 11) is -4.69. The van der Waals surface area contributed by atoms with E-state index in [4.69, 9.17) is 0 Å². The molecule has 154 valence electrons. The molecule has 0 aliphatic rings. The molecule has 0 amide bonds. The molecular formula is C23H17N3O4S. The zero-order chi connectivity index (χ0) is 21.8. The van der Waals surface area contributed by atoms with Gasteiger partial charge >= 0.3 is 0 Å². The Hall–Kier alpha value is -3.75. The van der Waals surface area contributed by atoms with E-state index in [1.807, 2.05) is 49.4 Å². The van der Waals surface area contributed by atoms with Crippen molar-refractivity contribution < 1.29 is 18.1 Å². The van der Waals surface area contributed by atoms with Crippen LogP contribution in [0, 0.1) is 6.92 Å². The highest BCUT2D eigenvalue weighted by atomic mass is 32.2. The first-order valence-corrected chi connectivity index (χ1v) is 10.9. The number of aromatic hydroxyl groups is 1. The molecule has 3 N–H and O–H groups in total. The number of benzene rings is 4. The van der Waals surface area contributed by atoms with Crippen LogP contribution in [0.3, 0.4) is 0 Å². The largest absolute Gasteiger partial charge is 0.505 e. The summed E-state index contributed by atoms with van der Waals surface area (Å²) in [6, 6.07) is 19.6. The van der Waals surface area contributed by atoms with E-state index < -0.39 is 15.0 Å². The summed E-state index contributed by atoms with van der Waals surface area (Å²) in [6.07, 6.45) is 0. The van der Waals surface area contributed by atoms with Crippen molar-refractivity contribution in [1.82, 2.24) is 4.98 Å². The minimum Gasteiger partial charge on any atom is -0.505 e. The fraction of sp³-hybridized carbons (Fsp3) is 0.0435. The summed E-state index contributed by atoms with van der Waals surface area (Å²) < 4.78 is 34.3. The van der Waals surface area contributed by atoms with Crippen molar-refractivity contribution in [2.45, 2.75) is 11.8 Å². The molecule has 0 saturated heterocycles. The zero-order valence-corrected chi connectivity index (χ0v) is 17.2. The predicted octanol–water partition coefficient (Wildman–Crippen LogP) is 6.15. The Morgan fingerprint density at radius 1 is 0.839 bits per heavy atom. The van der Waals surface area contributed by atoms with Crippen LogP contribution in [0.5, 0.6) is 5.75 Å². The number of hydrogen-bond donors (Lipinski definition) is 3. The number of para-hydroxylation sites is 1. The summed E-state index contributed by atoms with van der Waals surface area (Å²) in [5, 5.41) is 21.6. The van der Waals surface area contributed by atoms with Crippen LogP contribution in [0.2, 0.25) is 0 Å². The van der Waals surface area contributed by atoms with Gasteiger partial charge < -0.3 is 10.1 Å². The Kier molecular flexibility index (Phi) is 4.28. The molecule has 5 aromatic rings. The molecule has 1 heterocycles. The van der Waals surface area contributed by atoms with Gasteiger partial charge in [0.1, 0.15) is 10.6 Å². The fourth-order valence-electron chi connectivity index (χ4n) is 3.84. The highest BCUT2D eigenvalue weighted by Crippen LogP contribution is 2.44. The molecule has 0 spiro atoms. The molecule has 8 heteroatoms. The molecule has 0 aliphatic carbocycles. The lowest BCUT2D eigenvalue weighted by atomic mass is 10.0. The molecule has 4 aromatic carbocycles. The van der Waals surface area contributed by atoms with E-state index in [2.05, 4.69) is 15.2 Å². The normalized spacial score (nSPS) is 12.5. The molecule has 0 bridgehead atoms. The maximum atomic E-state index is 12.2. The smallest absolute Gasteiger partial charge is 0.296 e. The van der Waals surface area contributed by atoms with Crippen molar-refractivity contribution in [1.29, 1.82) is 0 Å². The third-order valence-electron chi connectivity index (χ3n) is 5.35. The molecule has 0 unspecified atom stereocenters. The first kappa shape index (κ1) is 19.2. The lowest BCUT2D eigenvalue weighted by Crippen LogP contribution is -1.99. The number of hydrogen-bond acceptors (Lipinski definition) is 5. The van der Waals surface area contributed by atoms with Crippen molar-refractivity contribution >= 4 is 54.1 Å². The summed E-state index contributed by atoms with van der Waals surface area (Å²) in [5.74, 6) is -0.366. The van der Waals surface area contributed by atoms with E-state index in [0.717, 1.165) is 27.4 Å². The number of H-pyrrole nitrogens is 1. The van der Waals surface area contributed by atoms with Gasteiger partial charge in [0, 0.05) is 27.2 Å². The van der Waals surface area contributed by atoms with Crippen molar-refractivity contribution in [3.63, 3.8) is 0 Å². The topological polar surface area (TPSA) is 115 Å². The number of rotatable bonds is 3. The van der Waals surface area contributed by atoms with Gasteiger partial charge in [0.15, 0.2) is 5.75 Å². The Morgan fingerprint density at radius 3 is 2.35 bits per heavy atom. The number of fused-ring (bicyclic) bond motifs is 5.